The molecule has 0 radical (unpaired) electrons. The zero-order valence-electron chi connectivity index (χ0n) is 20.5. The van der Waals surface area contributed by atoms with Gasteiger partial charge >= 0.3 is 0 Å². The van der Waals surface area contributed by atoms with Crippen LogP contribution in [0.4, 0.5) is 4.39 Å². The van der Waals surface area contributed by atoms with Gasteiger partial charge in [-0.15, -0.1) is 0 Å². The van der Waals surface area contributed by atoms with Crippen LogP contribution in [0, 0.1) is 5.82 Å². The Hall–Kier alpha value is -3.83. The highest BCUT2D eigenvalue weighted by Crippen LogP contribution is 2.26. The van der Waals surface area contributed by atoms with Crippen LogP contribution >= 0.6 is 0 Å². The molecule has 37 heavy (non-hydrogen) atoms. The van der Waals surface area contributed by atoms with E-state index in [9.17, 15) is 23.9 Å². The molecule has 1 saturated heterocycles. The number of benzene rings is 1. The van der Waals surface area contributed by atoms with Crippen molar-refractivity contribution in [3.63, 3.8) is 0 Å². The number of pyridine rings is 2. The zero-order valence-corrected chi connectivity index (χ0v) is 20.5. The highest BCUT2D eigenvalue weighted by molar-refractivity contribution is 6.01. The first kappa shape index (κ1) is 26.2. The number of ether oxygens (including phenoxy) is 2. The number of carbonyl (C=O) groups excluding carboxylic acids is 2. The standard InChI is InChI=1S/C26H29FN4O6/c1-2-36-10-7-28-25(34)22-24(33)23-20(14-18(15-29-23)13-17-3-5-19(27)6-4-17)31(26(22)35)16-21(32)30-8-11-37-12-9-30/h3-6,14-15,33H,2,7-13,16H2,1H3,(H,28,34). The van der Waals surface area contributed by atoms with Gasteiger partial charge in [0.15, 0.2) is 5.75 Å². The lowest BCUT2D eigenvalue weighted by Gasteiger charge is -2.27. The zero-order chi connectivity index (χ0) is 26.4. The van der Waals surface area contributed by atoms with E-state index in [2.05, 4.69) is 10.3 Å². The van der Waals surface area contributed by atoms with E-state index in [0.717, 1.165) is 5.56 Å². The molecular weight excluding hydrogens is 483 g/mol. The van der Waals surface area contributed by atoms with E-state index in [4.69, 9.17) is 9.47 Å². The number of amides is 2. The number of aromatic nitrogens is 2. The van der Waals surface area contributed by atoms with Crippen molar-refractivity contribution < 1.29 is 28.6 Å². The second-order valence-corrected chi connectivity index (χ2v) is 8.58. The number of hydrogen-bond acceptors (Lipinski definition) is 7. The minimum Gasteiger partial charge on any atom is -0.505 e. The lowest BCUT2D eigenvalue weighted by molar-refractivity contribution is -0.135. The molecule has 2 N–H and O–H groups in total. The van der Waals surface area contributed by atoms with E-state index < -0.39 is 22.8 Å². The van der Waals surface area contributed by atoms with Crippen molar-refractivity contribution in [3.05, 3.63) is 69.4 Å². The summed E-state index contributed by atoms with van der Waals surface area (Å²) in [7, 11) is 0. The smallest absolute Gasteiger partial charge is 0.268 e. The van der Waals surface area contributed by atoms with Gasteiger partial charge in [-0.3, -0.25) is 23.9 Å². The Morgan fingerprint density at radius 2 is 1.92 bits per heavy atom. The molecule has 2 aromatic heterocycles. The van der Waals surface area contributed by atoms with E-state index in [1.165, 1.54) is 22.9 Å². The lowest BCUT2D eigenvalue weighted by atomic mass is 10.1. The molecule has 4 rings (SSSR count). The molecule has 0 saturated carbocycles. The topological polar surface area (TPSA) is 123 Å². The molecule has 1 fully saturated rings. The van der Waals surface area contributed by atoms with Crippen LogP contribution in [-0.2, 0) is 27.2 Å². The summed E-state index contributed by atoms with van der Waals surface area (Å²) in [5.41, 5.74) is 0.440. The summed E-state index contributed by atoms with van der Waals surface area (Å²) < 4.78 is 25.0. The molecule has 0 unspecified atom stereocenters. The fourth-order valence-corrected chi connectivity index (χ4v) is 4.16. The van der Waals surface area contributed by atoms with Crippen LogP contribution < -0.4 is 10.9 Å². The first-order valence-electron chi connectivity index (χ1n) is 12.1. The Morgan fingerprint density at radius 3 is 2.62 bits per heavy atom. The van der Waals surface area contributed by atoms with Crippen molar-refractivity contribution in [3.8, 4) is 5.75 Å². The van der Waals surface area contributed by atoms with Gasteiger partial charge in [-0.05, 0) is 42.7 Å². The van der Waals surface area contributed by atoms with Crippen molar-refractivity contribution >= 4 is 22.8 Å². The Morgan fingerprint density at radius 1 is 1.19 bits per heavy atom. The van der Waals surface area contributed by atoms with Crippen LogP contribution in [0.1, 0.15) is 28.4 Å². The van der Waals surface area contributed by atoms with Crippen LogP contribution in [-0.4, -0.2) is 77.4 Å². The highest BCUT2D eigenvalue weighted by Gasteiger charge is 2.26. The number of aromatic hydroxyl groups is 1. The first-order valence-corrected chi connectivity index (χ1v) is 12.1. The predicted molar refractivity (Wildman–Crippen MR) is 133 cm³/mol. The van der Waals surface area contributed by atoms with Crippen LogP contribution in [0.15, 0.2) is 41.3 Å². The number of nitrogens with zero attached hydrogens (tertiary/aromatic N) is 3. The minimum atomic E-state index is -0.804. The van der Waals surface area contributed by atoms with Gasteiger partial charge in [0.1, 0.15) is 23.4 Å². The van der Waals surface area contributed by atoms with Crippen molar-refractivity contribution in [1.29, 1.82) is 0 Å². The highest BCUT2D eigenvalue weighted by atomic mass is 19.1. The first-order chi connectivity index (χ1) is 17.9. The quantitative estimate of drug-likeness (QED) is 0.416. The average Bonchev–Trinajstić information content (AvgIpc) is 2.91. The molecule has 1 aliphatic heterocycles. The van der Waals surface area contributed by atoms with E-state index in [-0.39, 0.29) is 42.5 Å². The molecule has 0 spiro atoms. The Kier molecular flexibility index (Phi) is 8.47. The van der Waals surface area contributed by atoms with E-state index in [1.807, 2.05) is 6.92 Å². The van der Waals surface area contributed by atoms with E-state index in [1.54, 1.807) is 23.1 Å². The Balaban J connectivity index is 1.75. The van der Waals surface area contributed by atoms with Gasteiger partial charge in [0.2, 0.25) is 5.91 Å². The SMILES string of the molecule is CCOCCNC(=O)c1c(O)c2ncc(Cc3ccc(F)cc3)cc2n(CC(=O)N2CCOCC2)c1=O. The molecule has 196 valence electrons. The van der Waals surface area contributed by atoms with Gasteiger partial charge < -0.3 is 24.8 Å². The second kappa shape index (κ2) is 11.9. The normalized spacial score (nSPS) is 13.6. The molecular formula is C26H29FN4O6. The summed E-state index contributed by atoms with van der Waals surface area (Å²) in [6.07, 6.45) is 1.90. The van der Waals surface area contributed by atoms with Gasteiger partial charge in [-0.25, -0.2) is 4.39 Å². The third kappa shape index (κ3) is 6.12. The summed E-state index contributed by atoms with van der Waals surface area (Å²) in [4.78, 5) is 45.3. The van der Waals surface area contributed by atoms with Gasteiger partial charge in [0.25, 0.3) is 11.5 Å². The number of fused-ring (bicyclic) bond motifs is 1. The lowest BCUT2D eigenvalue weighted by Crippen LogP contribution is -2.44. The average molecular weight is 513 g/mol. The number of nitrogens with one attached hydrogen (secondary N) is 1. The second-order valence-electron chi connectivity index (χ2n) is 8.58. The maximum atomic E-state index is 13.5. The van der Waals surface area contributed by atoms with Gasteiger partial charge in [-0.2, -0.15) is 0 Å². The summed E-state index contributed by atoms with van der Waals surface area (Å²) in [5.74, 6) is -2.01. The number of hydrogen-bond donors (Lipinski definition) is 2. The minimum absolute atomic E-state index is 0.0205. The summed E-state index contributed by atoms with van der Waals surface area (Å²) in [5, 5.41) is 13.5. The maximum Gasteiger partial charge on any atom is 0.268 e. The molecule has 0 atom stereocenters. The molecule has 0 bridgehead atoms. The summed E-state index contributed by atoms with van der Waals surface area (Å²) in [6, 6.07) is 7.63. The number of morpholine rings is 1. The molecule has 3 aromatic rings. The van der Waals surface area contributed by atoms with Gasteiger partial charge in [0, 0.05) is 32.4 Å². The third-order valence-electron chi connectivity index (χ3n) is 6.08. The van der Waals surface area contributed by atoms with Gasteiger partial charge in [-0.1, -0.05) is 12.1 Å². The summed E-state index contributed by atoms with van der Waals surface area (Å²) >= 11 is 0. The van der Waals surface area contributed by atoms with Gasteiger partial charge in [0.05, 0.1) is 25.3 Å². The van der Waals surface area contributed by atoms with Crippen molar-refractivity contribution in [1.82, 2.24) is 19.8 Å². The number of rotatable bonds is 9. The molecule has 0 aliphatic carbocycles. The van der Waals surface area contributed by atoms with E-state index >= 15 is 0 Å². The van der Waals surface area contributed by atoms with Crippen LogP contribution in [0.25, 0.3) is 11.0 Å². The number of carbonyl (C=O) groups is 2. The molecule has 1 aromatic carbocycles. The van der Waals surface area contributed by atoms with E-state index in [0.29, 0.717) is 44.9 Å². The third-order valence-corrected chi connectivity index (χ3v) is 6.08. The molecule has 11 heteroatoms. The van der Waals surface area contributed by atoms with Crippen molar-refractivity contribution in [2.24, 2.45) is 0 Å². The number of halogens is 1. The monoisotopic (exact) mass is 512 g/mol. The molecule has 3 heterocycles. The fourth-order valence-electron chi connectivity index (χ4n) is 4.16. The largest absolute Gasteiger partial charge is 0.505 e. The summed E-state index contributed by atoms with van der Waals surface area (Å²) in [6.45, 7) is 3.91. The molecule has 2 amide bonds. The van der Waals surface area contributed by atoms with Crippen LogP contribution in [0.3, 0.4) is 0 Å². The molecule has 1 aliphatic rings. The maximum absolute atomic E-state index is 13.5. The fraction of sp³-hybridized carbons (Fsp3) is 0.385. The Labute approximate surface area is 212 Å². The predicted octanol–water partition coefficient (Wildman–Crippen LogP) is 1.46. The van der Waals surface area contributed by atoms with Crippen molar-refractivity contribution in [2.45, 2.75) is 19.9 Å². The van der Waals surface area contributed by atoms with Crippen molar-refractivity contribution in [2.75, 3.05) is 46.1 Å². The van der Waals surface area contributed by atoms with Crippen LogP contribution in [0.2, 0.25) is 0 Å². The van der Waals surface area contributed by atoms with Crippen LogP contribution in [0.5, 0.6) is 5.75 Å². The Bertz CT molecular complexity index is 1340. The molecule has 10 nitrogen and oxygen atoms in total.